The Hall–Kier alpha value is -1.51. The second-order valence-electron chi connectivity index (χ2n) is 7.19. The fraction of sp³-hybridized carbons (Fsp3) is 0.381. The lowest BCUT2D eigenvalue weighted by atomic mass is 9.79. The molecule has 0 bridgehead atoms. The van der Waals surface area contributed by atoms with Gasteiger partial charge in [-0.15, -0.1) is 0 Å². The van der Waals surface area contributed by atoms with Crippen LogP contribution in [0.25, 0.3) is 0 Å². The van der Waals surface area contributed by atoms with E-state index in [0.717, 1.165) is 28.6 Å². The highest BCUT2D eigenvalue weighted by Crippen LogP contribution is 2.45. The summed E-state index contributed by atoms with van der Waals surface area (Å²) in [5, 5.41) is 1.47. The molecule has 2 fully saturated rings. The van der Waals surface area contributed by atoms with Gasteiger partial charge in [0, 0.05) is 28.9 Å². The molecule has 2 nitrogen and oxygen atoms in total. The summed E-state index contributed by atoms with van der Waals surface area (Å²) >= 11 is 12.3. The van der Waals surface area contributed by atoms with E-state index in [4.69, 9.17) is 23.2 Å². The Morgan fingerprint density at radius 2 is 1.68 bits per heavy atom. The van der Waals surface area contributed by atoms with E-state index in [1.165, 1.54) is 18.4 Å². The van der Waals surface area contributed by atoms with Gasteiger partial charge in [0.25, 0.3) is 0 Å². The van der Waals surface area contributed by atoms with Crippen molar-refractivity contribution in [1.29, 1.82) is 0 Å². The summed E-state index contributed by atoms with van der Waals surface area (Å²) in [4.78, 5) is 14.8. The zero-order valence-electron chi connectivity index (χ0n) is 14.0. The van der Waals surface area contributed by atoms with E-state index >= 15 is 0 Å². The SMILES string of the molecule is O=C1CCC(c2cccc(Cl)c2)[C@@H](c2ccc(Cl)cc2)N1CC1CC1. The van der Waals surface area contributed by atoms with Crippen molar-refractivity contribution in [2.45, 2.75) is 37.6 Å². The van der Waals surface area contributed by atoms with Crippen LogP contribution in [0.2, 0.25) is 10.0 Å². The molecule has 2 atom stereocenters. The molecule has 0 radical (unpaired) electrons. The smallest absolute Gasteiger partial charge is 0.223 e. The van der Waals surface area contributed by atoms with Crippen molar-refractivity contribution in [2.24, 2.45) is 5.92 Å². The number of halogens is 2. The number of benzene rings is 2. The highest BCUT2D eigenvalue weighted by atomic mass is 35.5. The summed E-state index contributed by atoms with van der Waals surface area (Å²) < 4.78 is 0. The maximum atomic E-state index is 12.7. The first-order valence-electron chi connectivity index (χ1n) is 8.92. The first-order chi connectivity index (χ1) is 12.1. The summed E-state index contributed by atoms with van der Waals surface area (Å²) in [5.74, 6) is 1.19. The quantitative estimate of drug-likeness (QED) is 0.657. The molecule has 2 aromatic rings. The summed E-state index contributed by atoms with van der Waals surface area (Å²) in [6, 6.07) is 16.1. The number of nitrogens with zero attached hydrogens (tertiary/aromatic N) is 1. The summed E-state index contributed by atoms with van der Waals surface area (Å²) in [6.45, 7) is 0.864. The van der Waals surface area contributed by atoms with Crippen molar-refractivity contribution in [3.05, 3.63) is 69.7 Å². The van der Waals surface area contributed by atoms with Crippen LogP contribution in [0.3, 0.4) is 0 Å². The van der Waals surface area contributed by atoms with E-state index in [1.807, 2.05) is 30.3 Å². The van der Waals surface area contributed by atoms with Gasteiger partial charge in [0.05, 0.1) is 6.04 Å². The molecule has 130 valence electrons. The third kappa shape index (κ3) is 3.70. The lowest BCUT2D eigenvalue weighted by Gasteiger charge is -2.42. The number of hydrogen-bond donors (Lipinski definition) is 0. The molecule has 1 aliphatic heterocycles. The molecule has 1 amide bonds. The van der Waals surface area contributed by atoms with Crippen LogP contribution in [0.4, 0.5) is 0 Å². The minimum atomic E-state index is 0.0533. The van der Waals surface area contributed by atoms with E-state index in [-0.39, 0.29) is 17.9 Å². The largest absolute Gasteiger partial charge is 0.335 e. The van der Waals surface area contributed by atoms with Crippen molar-refractivity contribution < 1.29 is 4.79 Å². The summed E-state index contributed by atoms with van der Waals surface area (Å²) in [6.07, 6.45) is 3.93. The Bertz CT molecular complexity index is 770. The highest BCUT2D eigenvalue weighted by Gasteiger charge is 2.40. The minimum absolute atomic E-state index is 0.0533. The minimum Gasteiger partial charge on any atom is -0.335 e. The van der Waals surface area contributed by atoms with Crippen molar-refractivity contribution >= 4 is 29.1 Å². The first kappa shape index (κ1) is 16.9. The van der Waals surface area contributed by atoms with Gasteiger partial charge in [0.1, 0.15) is 0 Å². The van der Waals surface area contributed by atoms with E-state index in [0.29, 0.717) is 12.3 Å². The van der Waals surface area contributed by atoms with Crippen LogP contribution < -0.4 is 0 Å². The number of carbonyl (C=O) groups is 1. The van der Waals surface area contributed by atoms with Crippen LogP contribution in [0.5, 0.6) is 0 Å². The van der Waals surface area contributed by atoms with Gasteiger partial charge in [-0.1, -0.05) is 47.5 Å². The zero-order valence-corrected chi connectivity index (χ0v) is 15.5. The number of amides is 1. The van der Waals surface area contributed by atoms with Crippen LogP contribution in [0, 0.1) is 5.92 Å². The van der Waals surface area contributed by atoms with Gasteiger partial charge in [-0.2, -0.15) is 0 Å². The maximum Gasteiger partial charge on any atom is 0.223 e. The van der Waals surface area contributed by atoms with Crippen molar-refractivity contribution in [3.63, 3.8) is 0 Å². The third-order valence-electron chi connectivity index (χ3n) is 5.35. The average molecular weight is 374 g/mol. The van der Waals surface area contributed by atoms with Crippen LogP contribution >= 0.6 is 23.2 Å². The van der Waals surface area contributed by atoms with Gasteiger partial charge < -0.3 is 4.90 Å². The fourth-order valence-corrected chi connectivity index (χ4v) is 4.23. The third-order valence-corrected chi connectivity index (χ3v) is 5.83. The van der Waals surface area contributed by atoms with Crippen molar-refractivity contribution in [2.75, 3.05) is 6.54 Å². The van der Waals surface area contributed by atoms with E-state index in [1.54, 1.807) is 0 Å². The Morgan fingerprint density at radius 1 is 0.920 bits per heavy atom. The zero-order chi connectivity index (χ0) is 17.4. The number of piperidine rings is 1. The second kappa shape index (κ2) is 7.01. The maximum absolute atomic E-state index is 12.7. The van der Waals surface area contributed by atoms with Gasteiger partial charge in [-0.3, -0.25) is 4.79 Å². The molecule has 0 aromatic heterocycles. The molecule has 0 spiro atoms. The molecule has 2 aliphatic rings. The lowest BCUT2D eigenvalue weighted by Crippen LogP contribution is -2.43. The number of hydrogen-bond acceptors (Lipinski definition) is 1. The van der Waals surface area contributed by atoms with Gasteiger partial charge >= 0.3 is 0 Å². The van der Waals surface area contributed by atoms with Crippen molar-refractivity contribution in [3.8, 4) is 0 Å². The van der Waals surface area contributed by atoms with Gasteiger partial charge in [-0.25, -0.2) is 0 Å². The fourth-order valence-electron chi connectivity index (χ4n) is 3.91. The lowest BCUT2D eigenvalue weighted by molar-refractivity contribution is -0.137. The second-order valence-corrected chi connectivity index (χ2v) is 8.06. The van der Waals surface area contributed by atoms with Crippen LogP contribution in [0.1, 0.15) is 48.8 Å². The number of carbonyl (C=O) groups excluding carboxylic acids is 1. The van der Waals surface area contributed by atoms with Crippen LogP contribution in [-0.2, 0) is 4.79 Å². The van der Waals surface area contributed by atoms with E-state index in [9.17, 15) is 4.79 Å². The normalized spacial score (nSPS) is 23.8. The van der Waals surface area contributed by atoms with Gasteiger partial charge in [0.15, 0.2) is 0 Å². The van der Waals surface area contributed by atoms with Gasteiger partial charge in [0.2, 0.25) is 5.91 Å². The predicted molar refractivity (Wildman–Crippen MR) is 102 cm³/mol. The van der Waals surface area contributed by atoms with E-state index in [2.05, 4.69) is 23.1 Å². The highest BCUT2D eigenvalue weighted by molar-refractivity contribution is 6.30. The molecule has 4 rings (SSSR count). The molecule has 1 aliphatic carbocycles. The number of rotatable bonds is 4. The molecule has 1 saturated carbocycles. The monoisotopic (exact) mass is 373 g/mol. The Labute approximate surface area is 158 Å². The summed E-state index contributed by atoms with van der Waals surface area (Å²) in [5.41, 5.74) is 2.36. The summed E-state index contributed by atoms with van der Waals surface area (Å²) in [7, 11) is 0. The Morgan fingerprint density at radius 3 is 2.36 bits per heavy atom. The predicted octanol–water partition coefficient (Wildman–Crippen LogP) is 5.85. The van der Waals surface area contributed by atoms with E-state index < -0.39 is 0 Å². The molecule has 4 heteroatoms. The molecule has 25 heavy (non-hydrogen) atoms. The van der Waals surface area contributed by atoms with Crippen LogP contribution in [0.15, 0.2) is 48.5 Å². The molecule has 2 aromatic carbocycles. The number of likely N-dealkylation sites (tertiary alicyclic amines) is 1. The van der Waals surface area contributed by atoms with Crippen molar-refractivity contribution in [1.82, 2.24) is 4.90 Å². The molecule has 1 unspecified atom stereocenters. The average Bonchev–Trinajstić information content (AvgIpc) is 3.42. The first-order valence-corrected chi connectivity index (χ1v) is 9.68. The molecule has 1 heterocycles. The molecular formula is C21H21Cl2NO. The Kier molecular flexibility index (Phi) is 4.75. The van der Waals surface area contributed by atoms with Crippen LogP contribution in [-0.4, -0.2) is 17.4 Å². The molecule has 0 N–H and O–H groups in total. The standard InChI is InChI=1S/C21H21Cl2NO/c22-17-8-6-15(7-9-17)21-19(16-2-1-3-18(23)12-16)10-11-20(25)24(21)13-14-4-5-14/h1-3,6-9,12,14,19,21H,4-5,10-11,13H2/t19?,21-/m1/s1. The topological polar surface area (TPSA) is 20.3 Å². The Balaban J connectivity index is 1.74. The van der Waals surface area contributed by atoms with Gasteiger partial charge in [-0.05, 0) is 60.6 Å². The molecular weight excluding hydrogens is 353 g/mol. The molecule has 1 saturated heterocycles.